The van der Waals surface area contributed by atoms with Crippen LogP contribution in [0.4, 0.5) is 14.5 Å². The maximum atomic E-state index is 15.3. The smallest absolute Gasteiger partial charge is 0.271 e. The van der Waals surface area contributed by atoms with Crippen molar-refractivity contribution in [3.8, 4) is 33.5 Å². The maximum Gasteiger partial charge on any atom is 0.271 e. The van der Waals surface area contributed by atoms with E-state index in [4.69, 9.17) is 9.47 Å². The summed E-state index contributed by atoms with van der Waals surface area (Å²) in [7, 11) is 0. The van der Waals surface area contributed by atoms with Crippen molar-refractivity contribution in [2.45, 2.75) is 20.4 Å². The highest BCUT2D eigenvalue weighted by Gasteiger charge is 2.21. The Morgan fingerprint density at radius 2 is 1.80 bits per heavy atom. The Morgan fingerprint density at radius 1 is 0.977 bits per heavy atom. The van der Waals surface area contributed by atoms with Gasteiger partial charge >= 0.3 is 0 Å². The highest BCUT2D eigenvalue weighted by molar-refractivity contribution is 7.22. The zero-order valence-corrected chi connectivity index (χ0v) is 24.4. The Balaban J connectivity index is 1.25. The number of amides is 1. The van der Waals surface area contributed by atoms with Crippen molar-refractivity contribution in [3.63, 3.8) is 0 Å². The molecule has 222 valence electrons. The number of aromatic nitrogens is 4. The lowest BCUT2D eigenvalue weighted by molar-refractivity contribution is 0.102. The molecule has 4 heterocycles. The fourth-order valence-corrected chi connectivity index (χ4v) is 5.59. The van der Waals surface area contributed by atoms with E-state index in [-0.39, 0.29) is 29.4 Å². The first-order valence-corrected chi connectivity index (χ1v) is 14.5. The first-order valence-electron chi connectivity index (χ1n) is 13.7. The molecule has 0 bridgehead atoms. The number of carbonyl (C=O) groups excluding carboxylic acids is 1. The zero-order valence-electron chi connectivity index (χ0n) is 23.6. The summed E-state index contributed by atoms with van der Waals surface area (Å²) in [5, 5.41) is 2.57. The van der Waals surface area contributed by atoms with Crippen LogP contribution in [0.5, 0.6) is 17.2 Å². The second-order valence-electron chi connectivity index (χ2n) is 9.56. The Bertz CT molecular complexity index is 2050. The third-order valence-corrected chi connectivity index (χ3v) is 7.88. The van der Waals surface area contributed by atoms with Crippen LogP contribution < -0.4 is 20.3 Å². The monoisotopic (exact) mass is 613 g/mol. The van der Waals surface area contributed by atoms with E-state index >= 15 is 4.39 Å². The largest absolute Gasteiger partial charge is 0.493 e. The van der Waals surface area contributed by atoms with Crippen LogP contribution in [0.1, 0.15) is 24.2 Å². The summed E-state index contributed by atoms with van der Waals surface area (Å²) in [6.07, 6.45) is 6.73. The average Bonchev–Trinajstić information content (AvgIpc) is 3.67. The van der Waals surface area contributed by atoms with Gasteiger partial charge in [0.2, 0.25) is 0 Å². The molecule has 9 nitrogen and oxygen atoms in total. The number of hydrogen-bond donors (Lipinski definition) is 1. The predicted molar refractivity (Wildman–Crippen MR) is 164 cm³/mol. The van der Waals surface area contributed by atoms with Crippen molar-refractivity contribution in [2.75, 3.05) is 11.9 Å². The standard InChI is InChI=1S/C32H25F2N5O4S/c1-3-38-17-24(36-18-38)28-16-23-30(44-28)27(11-13-35-23)43-25-10-7-20(15-22(25)34)37-31(40)29-26(42-4-2)12-14-39(32(29)41)21-8-5-19(33)6-9-21/h5-18H,3-4H2,1-2H3,(H,37,40). The molecule has 0 radical (unpaired) electrons. The number of imidazole rings is 1. The number of thiophene rings is 1. The Kier molecular flexibility index (Phi) is 7.90. The van der Waals surface area contributed by atoms with Gasteiger partial charge in [0.05, 0.1) is 33.7 Å². The molecule has 0 spiro atoms. The van der Waals surface area contributed by atoms with Crippen molar-refractivity contribution in [1.82, 2.24) is 19.1 Å². The van der Waals surface area contributed by atoms with E-state index in [9.17, 15) is 14.0 Å². The molecule has 1 amide bonds. The third kappa shape index (κ3) is 5.66. The van der Waals surface area contributed by atoms with Gasteiger partial charge in [0, 0.05) is 48.6 Å². The highest BCUT2D eigenvalue weighted by Crippen LogP contribution is 2.39. The van der Waals surface area contributed by atoms with Crippen LogP contribution in [-0.2, 0) is 6.54 Å². The quantitative estimate of drug-likeness (QED) is 0.188. The molecule has 4 aromatic heterocycles. The Hall–Kier alpha value is -5.36. The number of fused-ring (bicyclic) bond motifs is 1. The predicted octanol–water partition coefficient (Wildman–Crippen LogP) is 7.05. The number of halogens is 2. The lowest BCUT2D eigenvalue weighted by atomic mass is 10.2. The molecule has 0 fully saturated rings. The fraction of sp³-hybridized carbons (Fsp3) is 0.125. The summed E-state index contributed by atoms with van der Waals surface area (Å²) >= 11 is 1.44. The van der Waals surface area contributed by atoms with Gasteiger partial charge in [-0.15, -0.1) is 11.3 Å². The van der Waals surface area contributed by atoms with Gasteiger partial charge in [-0.1, -0.05) is 0 Å². The minimum absolute atomic E-state index is 0.0610. The van der Waals surface area contributed by atoms with Crippen LogP contribution in [0.3, 0.4) is 0 Å². The number of ether oxygens (including phenoxy) is 2. The second kappa shape index (κ2) is 12.1. The van der Waals surface area contributed by atoms with E-state index in [2.05, 4.69) is 15.3 Å². The van der Waals surface area contributed by atoms with Crippen LogP contribution in [0.2, 0.25) is 0 Å². The molecule has 2 aromatic carbocycles. The molecular formula is C32H25F2N5O4S. The summed E-state index contributed by atoms with van der Waals surface area (Å²) in [5.41, 5.74) is 0.998. The van der Waals surface area contributed by atoms with Crippen LogP contribution in [0, 0.1) is 11.6 Å². The SMILES string of the molecule is CCOc1ccn(-c2ccc(F)cc2)c(=O)c1C(=O)Nc1ccc(Oc2ccnc3cc(-c4cn(CC)cn4)sc23)c(F)c1. The minimum Gasteiger partial charge on any atom is -0.493 e. The van der Waals surface area contributed by atoms with Crippen LogP contribution >= 0.6 is 11.3 Å². The average molecular weight is 614 g/mol. The van der Waals surface area contributed by atoms with Gasteiger partial charge in [-0.2, -0.15) is 0 Å². The Labute approximate surface area is 254 Å². The highest BCUT2D eigenvalue weighted by atomic mass is 32.1. The van der Waals surface area contributed by atoms with Gasteiger partial charge in [0.1, 0.15) is 22.9 Å². The van der Waals surface area contributed by atoms with Gasteiger partial charge in [-0.3, -0.25) is 19.1 Å². The topological polar surface area (TPSA) is 100 Å². The van der Waals surface area contributed by atoms with Crippen molar-refractivity contribution < 1.29 is 23.0 Å². The molecule has 6 rings (SSSR count). The maximum absolute atomic E-state index is 15.3. The fourth-order valence-electron chi connectivity index (χ4n) is 4.56. The Morgan fingerprint density at radius 3 is 2.52 bits per heavy atom. The molecule has 0 saturated heterocycles. The van der Waals surface area contributed by atoms with Crippen molar-refractivity contribution in [2.24, 2.45) is 0 Å². The molecule has 0 unspecified atom stereocenters. The molecular weight excluding hydrogens is 588 g/mol. The van der Waals surface area contributed by atoms with Crippen LogP contribution in [0.15, 0.2) is 90.4 Å². The zero-order chi connectivity index (χ0) is 30.8. The molecule has 0 aliphatic rings. The number of pyridine rings is 2. The van der Waals surface area contributed by atoms with E-state index in [0.717, 1.165) is 27.9 Å². The van der Waals surface area contributed by atoms with Crippen molar-refractivity contribution >= 4 is 33.1 Å². The van der Waals surface area contributed by atoms with Gasteiger partial charge in [0.25, 0.3) is 11.5 Å². The van der Waals surface area contributed by atoms with E-state index in [1.54, 1.807) is 25.5 Å². The van der Waals surface area contributed by atoms with Crippen LogP contribution in [0.25, 0.3) is 26.5 Å². The second-order valence-corrected chi connectivity index (χ2v) is 10.6. The lowest BCUT2D eigenvalue weighted by Crippen LogP contribution is -2.29. The molecule has 6 aromatic rings. The number of nitrogens with one attached hydrogen (secondary N) is 1. The van der Waals surface area contributed by atoms with Gasteiger partial charge < -0.3 is 19.4 Å². The number of anilines is 1. The number of benzene rings is 2. The molecule has 0 aliphatic carbocycles. The number of carbonyl (C=O) groups is 1. The summed E-state index contributed by atoms with van der Waals surface area (Å²) < 4.78 is 44.1. The van der Waals surface area contributed by atoms with Gasteiger partial charge in [-0.05, 0) is 62.4 Å². The first kappa shape index (κ1) is 28.7. The summed E-state index contributed by atoms with van der Waals surface area (Å²) in [4.78, 5) is 36.4. The van der Waals surface area contributed by atoms with Crippen molar-refractivity contribution in [1.29, 1.82) is 0 Å². The van der Waals surface area contributed by atoms with Gasteiger partial charge in [0.15, 0.2) is 11.6 Å². The molecule has 12 heteroatoms. The summed E-state index contributed by atoms with van der Waals surface area (Å²) in [6, 6.07) is 14.2. The number of hydrogen-bond acceptors (Lipinski definition) is 7. The number of aryl methyl sites for hydroxylation is 1. The van der Waals surface area contributed by atoms with E-state index in [1.807, 2.05) is 23.8 Å². The number of nitrogens with zero attached hydrogens (tertiary/aromatic N) is 4. The van der Waals surface area contributed by atoms with Gasteiger partial charge in [-0.25, -0.2) is 13.8 Å². The third-order valence-electron chi connectivity index (χ3n) is 6.72. The lowest BCUT2D eigenvalue weighted by Gasteiger charge is -2.14. The van der Waals surface area contributed by atoms with E-state index < -0.39 is 23.1 Å². The molecule has 0 aliphatic heterocycles. The van der Waals surface area contributed by atoms with Crippen LogP contribution in [-0.4, -0.2) is 31.6 Å². The molecule has 1 N–H and O–H groups in total. The molecule has 0 saturated carbocycles. The van der Waals surface area contributed by atoms with E-state index in [0.29, 0.717) is 17.0 Å². The normalized spacial score (nSPS) is 11.1. The first-order chi connectivity index (χ1) is 21.3. The van der Waals surface area contributed by atoms with Crippen molar-refractivity contribution in [3.05, 3.63) is 113 Å². The summed E-state index contributed by atoms with van der Waals surface area (Å²) in [5.74, 6) is -1.57. The van der Waals surface area contributed by atoms with E-state index in [1.165, 1.54) is 64.6 Å². The number of rotatable bonds is 9. The molecule has 0 atom stereocenters. The summed E-state index contributed by atoms with van der Waals surface area (Å²) in [6.45, 7) is 4.75. The molecule has 44 heavy (non-hydrogen) atoms. The minimum atomic E-state index is -0.796.